The number of likely N-dealkylation sites (N-methyl/N-ethyl adjacent to an activating group) is 1. The fraction of sp³-hybridized carbons (Fsp3) is 0.516. The Bertz CT molecular complexity index is 1360. The van der Waals surface area contributed by atoms with Gasteiger partial charge in [-0.25, -0.2) is 0 Å². The zero-order chi connectivity index (χ0) is 25.5. The van der Waals surface area contributed by atoms with Crippen molar-refractivity contribution in [2.24, 2.45) is 5.92 Å². The number of aryl methyl sites for hydroxylation is 1. The zero-order valence-corrected chi connectivity index (χ0v) is 22.8. The van der Waals surface area contributed by atoms with Crippen molar-refractivity contribution in [2.45, 2.75) is 74.7 Å². The summed E-state index contributed by atoms with van der Waals surface area (Å²) in [4.78, 5) is 17.5. The zero-order valence-electron chi connectivity index (χ0n) is 21.9. The molecule has 2 bridgehead atoms. The molecule has 6 nitrogen and oxygen atoms in total. The van der Waals surface area contributed by atoms with Gasteiger partial charge in [-0.15, -0.1) is 12.4 Å². The van der Waals surface area contributed by atoms with Gasteiger partial charge in [-0.05, 0) is 87.2 Å². The Morgan fingerprint density at radius 2 is 2.03 bits per heavy atom. The smallest absolute Gasteiger partial charge is 0.298 e. The average Bonchev–Trinajstić information content (AvgIpc) is 3.62. The molecule has 38 heavy (non-hydrogen) atoms. The van der Waals surface area contributed by atoms with Gasteiger partial charge < -0.3 is 19.8 Å². The van der Waals surface area contributed by atoms with Crippen LogP contribution < -0.4 is 4.74 Å². The second-order valence-electron chi connectivity index (χ2n) is 11.9. The van der Waals surface area contributed by atoms with Crippen LogP contribution in [-0.2, 0) is 16.6 Å². The molecular weight excluding hydrogens is 500 g/mol. The molecule has 0 radical (unpaired) electrons. The standard InChI is InChI=1S/C31H34N2O4.ClH/c1-19-4-3-5-20(16-19)8-11-26(35)32(2)23-12-13-31(36)25-17-22-9-10-24(34)28-27(22)30(31,29(23)37-28)14-15-33(25)18-21-6-7-21;/h3-5,9-10,16,21,23,25,29,34,36H,6-7,12-15,17-18H2,1-2H3;1H/t23-,25-,29+,30+,31-;/m1./s1. The number of benzene rings is 2. The lowest BCUT2D eigenvalue weighted by Gasteiger charge is -2.64. The minimum Gasteiger partial charge on any atom is -0.504 e. The van der Waals surface area contributed by atoms with E-state index in [1.807, 2.05) is 37.3 Å². The van der Waals surface area contributed by atoms with E-state index in [0.29, 0.717) is 18.6 Å². The number of ether oxygens (including phenoxy) is 1. The summed E-state index contributed by atoms with van der Waals surface area (Å²) in [5.41, 5.74) is 2.48. The third kappa shape index (κ3) is 3.52. The second-order valence-corrected chi connectivity index (χ2v) is 11.9. The van der Waals surface area contributed by atoms with E-state index >= 15 is 0 Å². The summed E-state index contributed by atoms with van der Waals surface area (Å²) in [6.07, 6.45) is 4.90. The van der Waals surface area contributed by atoms with Gasteiger partial charge in [-0.3, -0.25) is 9.69 Å². The van der Waals surface area contributed by atoms with Crippen LogP contribution in [0.15, 0.2) is 36.4 Å². The van der Waals surface area contributed by atoms with E-state index in [1.54, 1.807) is 18.0 Å². The summed E-state index contributed by atoms with van der Waals surface area (Å²) in [6, 6.07) is 11.4. The summed E-state index contributed by atoms with van der Waals surface area (Å²) in [5, 5.41) is 23.4. The van der Waals surface area contributed by atoms with Gasteiger partial charge in [0.1, 0.15) is 6.10 Å². The Balaban J connectivity index is 0.00000264. The molecule has 1 spiro atoms. The molecule has 2 aromatic carbocycles. The van der Waals surface area contributed by atoms with Gasteiger partial charge in [-0.2, -0.15) is 0 Å². The molecule has 0 unspecified atom stereocenters. The number of rotatable bonds is 3. The van der Waals surface area contributed by atoms with E-state index in [-0.39, 0.29) is 36.1 Å². The van der Waals surface area contributed by atoms with Gasteiger partial charge in [0.05, 0.1) is 17.1 Å². The average molecular weight is 535 g/mol. The number of carbonyl (C=O) groups is 1. The third-order valence-corrected chi connectivity index (χ3v) is 9.88. The number of hydrogen-bond acceptors (Lipinski definition) is 5. The largest absolute Gasteiger partial charge is 0.504 e. The van der Waals surface area contributed by atoms with Crippen LogP contribution in [0.4, 0.5) is 0 Å². The fourth-order valence-corrected chi connectivity index (χ4v) is 7.94. The highest BCUT2D eigenvalue weighted by Crippen LogP contribution is 2.66. The van der Waals surface area contributed by atoms with E-state index < -0.39 is 17.1 Å². The number of piperidine rings is 1. The third-order valence-electron chi connectivity index (χ3n) is 9.88. The number of nitrogens with zero attached hydrogens (tertiary/aromatic N) is 2. The Morgan fingerprint density at radius 3 is 2.79 bits per heavy atom. The Kier molecular flexibility index (Phi) is 5.99. The number of phenolic OH excluding ortho intramolecular Hbond substituents is 1. The molecule has 200 valence electrons. The number of aromatic hydroxyl groups is 1. The van der Waals surface area contributed by atoms with Gasteiger partial charge in [0.15, 0.2) is 11.5 Å². The maximum Gasteiger partial charge on any atom is 0.298 e. The van der Waals surface area contributed by atoms with Crippen molar-refractivity contribution in [2.75, 3.05) is 20.1 Å². The Hall–Kier alpha value is -2.72. The van der Waals surface area contributed by atoms with Crippen LogP contribution in [0.3, 0.4) is 0 Å². The summed E-state index contributed by atoms with van der Waals surface area (Å²) in [6.45, 7) is 3.95. The van der Waals surface area contributed by atoms with Gasteiger partial charge >= 0.3 is 0 Å². The minimum atomic E-state index is -0.954. The van der Waals surface area contributed by atoms with E-state index in [4.69, 9.17) is 4.74 Å². The quantitative estimate of drug-likeness (QED) is 0.589. The van der Waals surface area contributed by atoms with Crippen molar-refractivity contribution in [3.63, 3.8) is 0 Å². The van der Waals surface area contributed by atoms with E-state index in [9.17, 15) is 15.0 Å². The van der Waals surface area contributed by atoms with E-state index in [0.717, 1.165) is 48.5 Å². The predicted molar refractivity (Wildman–Crippen MR) is 147 cm³/mol. The lowest BCUT2D eigenvalue weighted by Crippen LogP contribution is -2.78. The summed E-state index contributed by atoms with van der Waals surface area (Å²) in [5.74, 6) is 6.98. The maximum atomic E-state index is 13.3. The lowest BCUT2D eigenvalue weighted by atomic mass is 9.48. The van der Waals surface area contributed by atoms with Gasteiger partial charge in [-0.1, -0.05) is 24.1 Å². The normalized spacial score (nSPS) is 32.2. The molecule has 1 saturated heterocycles. The molecule has 7 heteroatoms. The fourth-order valence-electron chi connectivity index (χ4n) is 7.94. The van der Waals surface area contributed by atoms with Crippen molar-refractivity contribution < 1.29 is 19.7 Å². The summed E-state index contributed by atoms with van der Waals surface area (Å²) < 4.78 is 6.60. The first kappa shape index (κ1) is 25.6. The molecule has 2 N–H and O–H groups in total. The minimum absolute atomic E-state index is 0. The molecule has 2 heterocycles. The number of halogens is 1. The first-order valence-corrected chi connectivity index (χ1v) is 13.7. The van der Waals surface area contributed by atoms with Crippen molar-refractivity contribution >= 4 is 18.3 Å². The van der Waals surface area contributed by atoms with Crippen LogP contribution in [0.5, 0.6) is 11.5 Å². The monoisotopic (exact) mass is 534 g/mol. The molecule has 2 aliphatic heterocycles. The number of hydrogen-bond donors (Lipinski definition) is 2. The predicted octanol–water partition coefficient (Wildman–Crippen LogP) is 3.57. The van der Waals surface area contributed by atoms with Crippen molar-refractivity contribution in [3.8, 4) is 23.3 Å². The number of amides is 1. The first-order valence-electron chi connectivity index (χ1n) is 13.7. The van der Waals surface area contributed by atoms with Crippen LogP contribution in [0.25, 0.3) is 0 Å². The Morgan fingerprint density at radius 1 is 1.21 bits per heavy atom. The molecule has 3 fully saturated rings. The second kappa shape index (κ2) is 8.91. The van der Waals surface area contributed by atoms with Crippen molar-refractivity contribution in [1.82, 2.24) is 9.80 Å². The van der Waals surface area contributed by atoms with Crippen LogP contribution in [0.1, 0.15) is 54.4 Å². The molecule has 5 atom stereocenters. The summed E-state index contributed by atoms with van der Waals surface area (Å²) in [7, 11) is 1.80. The van der Waals surface area contributed by atoms with Crippen LogP contribution in [0.2, 0.25) is 0 Å². The van der Waals surface area contributed by atoms with Crippen molar-refractivity contribution in [3.05, 3.63) is 58.7 Å². The van der Waals surface area contributed by atoms with Crippen molar-refractivity contribution in [1.29, 1.82) is 0 Å². The van der Waals surface area contributed by atoms with E-state index in [1.165, 1.54) is 18.4 Å². The molecule has 3 aliphatic carbocycles. The molecule has 2 saturated carbocycles. The number of phenols is 1. The maximum absolute atomic E-state index is 13.3. The number of carbonyl (C=O) groups excluding carboxylic acids is 1. The van der Waals surface area contributed by atoms with Gasteiger partial charge in [0.2, 0.25) is 0 Å². The van der Waals surface area contributed by atoms with Crippen LogP contribution in [0, 0.1) is 24.7 Å². The molecule has 0 aromatic heterocycles. The van der Waals surface area contributed by atoms with Gasteiger partial charge in [0.25, 0.3) is 5.91 Å². The highest BCUT2D eigenvalue weighted by molar-refractivity contribution is 5.94. The number of likely N-dealkylation sites (tertiary alicyclic amines) is 1. The highest BCUT2D eigenvalue weighted by atomic mass is 35.5. The number of aliphatic hydroxyl groups is 1. The molecule has 2 aromatic rings. The van der Waals surface area contributed by atoms with Crippen LogP contribution >= 0.6 is 12.4 Å². The highest BCUT2D eigenvalue weighted by Gasteiger charge is 2.73. The van der Waals surface area contributed by atoms with E-state index in [2.05, 4.69) is 16.7 Å². The first-order chi connectivity index (χ1) is 17.8. The molecule has 7 rings (SSSR count). The molecular formula is C31H35ClN2O4. The Labute approximate surface area is 230 Å². The molecule has 5 aliphatic rings. The SMILES string of the molecule is Cc1cccc(C#CC(=O)N(C)[C@@H]2CC[C@@]3(O)[C@H]4Cc5ccc(O)c6c5[C@@]3(CCN4CC3CC3)[C@H]2O6)c1.Cl. The topological polar surface area (TPSA) is 73.2 Å². The van der Waals surface area contributed by atoms with Gasteiger partial charge in [0, 0.05) is 36.7 Å². The van der Waals surface area contributed by atoms with Crippen LogP contribution in [-0.4, -0.2) is 69.8 Å². The lowest BCUT2D eigenvalue weighted by molar-refractivity contribution is -0.199. The summed E-state index contributed by atoms with van der Waals surface area (Å²) >= 11 is 0. The molecule has 1 amide bonds.